The van der Waals surface area contributed by atoms with Crippen LogP contribution in [0.5, 0.6) is 5.75 Å². The molecule has 0 spiro atoms. The van der Waals surface area contributed by atoms with Crippen molar-refractivity contribution in [2.75, 3.05) is 6.61 Å². The number of para-hydroxylation sites is 2. The van der Waals surface area contributed by atoms with Crippen LogP contribution in [-0.4, -0.2) is 22.1 Å². The molecule has 0 atom stereocenters. The van der Waals surface area contributed by atoms with E-state index < -0.39 is 0 Å². The normalized spacial score (nSPS) is 11.1. The van der Waals surface area contributed by atoms with E-state index in [1.165, 1.54) is 11.1 Å². The van der Waals surface area contributed by atoms with Gasteiger partial charge in [-0.1, -0.05) is 44.7 Å². The van der Waals surface area contributed by atoms with Gasteiger partial charge in [-0.3, -0.25) is 4.79 Å². The van der Waals surface area contributed by atoms with E-state index in [2.05, 4.69) is 61.5 Å². The Bertz CT molecular complexity index is 1050. The van der Waals surface area contributed by atoms with E-state index in [1.54, 1.807) is 6.92 Å². The molecule has 0 fully saturated rings. The molecule has 0 saturated carbocycles. The van der Waals surface area contributed by atoms with Gasteiger partial charge in [-0.25, -0.2) is 4.98 Å². The molecule has 1 amide bonds. The summed E-state index contributed by atoms with van der Waals surface area (Å²) in [7, 11) is 0. The predicted molar refractivity (Wildman–Crippen MR) is 122 cm³/mol. The number of hydrogen-bond acceptors (Lipinski definition) is 3. The third kappa shape index (κ3) is 5.09. The quantitative estimate of drug-likeness (QED) is 0.397. The number of imidazole rings is 1. The fourth-order valence-electron chi connectivity index (χ4n) is 3.47. The molecule has 30 heavy (non-hydrogen) atoms. The summed E-state index contributed by atoms with van der Waals surface area (Å²) >= 11 is 0. The third-order valence-corrected chi connectivity index (χ3v) is 5.10. The zero-order chi connectivity index (χ0) is 21.7. The molecule has 3 aromatic rings. The summed E-state index contributed by atoms with van der Waals surface area (Å²) in [5.74, 6) is 2.07. The van der Waals surface area contributed by atoms with Crippen LogP contribution in [0.4, 0.5) is 0 Å². The molecule has 1 N–H and O–H groups in total. The Balaban J connectivity index is 1.70. The largest absolute Gasteiger partial charge is 0.493 e. The van der Waals surface area contributed by atoms with Crippen LogP contribution in [0, 0.1) is 6.92 Å². The van der Waals surface area contributed by atoms with Crippen LogP contribution >= 0.6 is 0 Å². The number of amides is 1. The average molecular weight is 406 g/mol. The summed E-state index contributed by atoms with van der Waals surface area (Å²) in [5, 5.41) is 2.89. The molecule has 1 aromatic heterocycles. The van der Waals surface area contributed by atoms with E-state index in [-0.39, 0.29) is 5.91 Å². The van der Waals surface area contributed by atoms with E-state index in [4.69, 9.17) is 9.72 Å². The summed E-state index contributed by atoms with van der Waals surface area (Å²) in [4.78, 5) is 16.6. The third-order valence-electron chi connectivity index (χ3n) is 5.10. The molecule has 3 rings (SSSR count). The second-order valence-corrected chi connectivity index (χ2v) is 8.03. The van der Waals surface area contributed by atoms with Gasteiger partial charge in [0.1, 0.15) is 11.6 Å². The molecule has 0 aliphatic carbocycles. The molecule has 0 radical (unpaired) electrons. The topological polar surface area (TPSA) is 56.2 Å². The van der Waals surface area contributed by atoms with E-state index in [1.807, 2.05) is 18.2 Å². The number of carbonyl (C=O) groups excluding carboxylic acids is 1. The van der Waals surface area contributed by atoms with Crippen LogP contribution in [0.2, 0.25) is 0 Å². The minimum absolute atomic E-state index is 0.155. The molecular formula is C25H31N3O2. The van der Waals surface area contributed by atoms with Gasteiger partial charge in [-0.05, 0) is 55.5 Å². The molecule has 5 heteroatoms. The number of aromatic nitrogens is 2. The average Bonchev–Trinajstić information content (AvgIpc) is 3.06. The van der Waals surface area contributed by atoms with Crippen molar-refractivity contribution < 1.29 is 9.53 Å². The number of carbonyl (C=O) groups is 1. The van der Waals surface area contributed by atoms with Crippen LogP contribution in [-0.2, 0) is 17.9 Å². The Morgan fingerprint density at radius 2 is 2.00 bits per heavy atom. The Morgan fingerprint density at radius 3 is 2.73 bits per heavy atom. The maximum absolute atomic E-state index is 11.9. The first kappa shape index (κ1) is 21.6. The van der Waals surface area contributed by atoms with Crippen molar-refractivity contribution in [3.05, 3.63) is 71.6 Å². The number of aryl methyl sites for hydroxylation is 2. The summed E-state index contributed by atoms with van der Waals surface area (Å²) in [6, 6.07) is 14.4. The van der Waals surface area contributed by atoms with Crippen LogP contribution in [0.3, 0.4) is 0 Å². The van der Waals surface area contributed by atoms with Crippen molar-refractivity contribution in [2.24, 2.45) is 0 Å². The Morgan fingerprint density at radius 1 is 1.23 bits per heavy atom. The minimum Gasteiger partial charge on any atom is -0.493 e. The lowest BCUT2D eigenvalue weighted by atomic mass is 10.0. The number of benzene rings is 2. The van der Waals surface area contributed by atoms with Crippen molar-refractivity contribution in [3.63, 3.8) is 0 Å². The number of fused-ring (bicyclic) bond motifs is 1. The van der Waals surface area contributed by atoms with E-state index in [9.17, 15) is 4.79 Å². The van der Waals surface area contributed by atoms with Crippen LogP contribution in [0.15, 0.2) is 54.6 Å². The van der Waals surface area contributed by atoms with Gasteiger partial charge in [0, 0.05) is 12.1 Å². The lowest BCUT2D eigenvalue weighted by molar-refractivity contribution is -0.117. The number of nitrogens with one attached hydrogen (secondary N) is 1. The molecule has 0 saturated heterocycles. The number of hydrogen-bond donors (Lipinski definition) is 1. The smallest absolute Gasteiger partial charge is 0.246 e. The maximum Gasteiger partial charge on any atom is 0.246 e. The summed E-state index contributed by atoms with van der Waals surface area (Å²) in [6.45, 7) is 13.6. The fraction of sp³-hybridized carbons (Fsp3) is 0.360. The molecule has 0 aliphatic heterocycles. The molecule has 0 bridgehead atoms. The van der Waals surface area contributed by atoms with E-state index in [0.29, 0.717) is 24.6 Å². The first-order valence-corrected chi connectivity index (χ1v) is 10.5. The summed E-state index contributed by atoms with van der Waals surface area (Å²) < 4.78 is 8.31. The second-order valence-electron chi connectivity index (χ2n) is 8.03. The van der Waals surface area contributed by atoms with E-state index >= 15 is 0 Å². The van der Waals surface area contributed by atoms with Crippen molar-refractivity contribution in [2.45, 2.75) is 53.1 Å². The standard InChI is InChI=1S/C25H31N3O2/c1-17(2)20-12-11-19(5)15-23(20)30-14-8-13-28-22-10-7-6-9-21(22)27-24(28)16-26-25(29)18(3)4/h6-7,9-12,15,17H,3,8,13-14,16H2,1-2,4-5H3,(H,26,29). The number of ether oxygens (including phenoxy) is 1. The lowest BCUT2D eigenvalue weighted by Gasteiger charge is -2.15. The van der Waals surface area contributed by atoms with Crippen molar-refractivity contribution in [1.82, 2.24) is 14.9 Å². The highest BCUT2D eigenvalue weighted by Crippen LogP contribution is 2.27. The Hall–Kier alpha value is -3.08. The monoisotopic (exact) mass is 405 g/mol. The second kappa shape index (κ2) is 9.61. The van der Waals surface area contributed by atoms with Gasteiger partial charge in [0.05, 0.1) is 24.2 Å². The molecule has 1 heterocycles. The fourth-order valence-corrected chi connectivity index (χ4v) is 3.47. The van der Waals surface area contributed by atoms with Crippen molar-refractivity contribution in [1.29, 1.82) is 0 Å². The molecule has 0 aliphatic rings. The highest BCUT2D eigenvalue weighted by molar-refractivity contribution is 5.92. The predicted octanol–water partition coefficient (Wildman–Crippen LogP) is 5.13. The zero-order valence-corrected chi connectivity index (χ0v) is 18.4. The Labute approximate surface area is 178 Å². The van der Waals surface area contributed by atoms with E-state index in [0.717, 1.165) is 35.6 Å². The molecule has 2 aromatic carbocycles. The van der Waals surface area contributed by atoms with Gasteiger partial charge in [0.2, 0.25) is 5.91 Å². The zero-order valence-electron chi connectivity index (χ0n) is 18.4. The van der Waals surface area contributed by atoms with Gasteiger partial charge >= 0.3 is 0 Å². The van der Waals surface area contributed by atoms with Gasteiger partial charge in [0.15, 0.2) is 0 Å². The van der Waals surface area contributed by atoms with Crippen LogP contribution < -0.4 is 10.1 Å². The number of rotatable bonds is 9. The van der Waals surface area contributed by atoms with Crippen molar-refractivity contribution in [3.8, 4) is 5.75 Å². The lowest BCUT2D eigenvalue weighted by Crippen LogP contribution is -2.25. The first-order valence-electron chi connectivity index (χ1n) is 10.5. The van der Waals surface area contributed by atoms with Gasteiger partial charge in [-0.15, -0.1) is 0 Å². The van der Waals surface area contributed by atoms with Gasteiger partial charge in [-0.2, -0.15) is 0 Å². The minimum atomic E-state index is -0.155. The summed E-state index contributed by atoms with van der Waals surface area (Å²) in [5.41, 5.74) is 4.92. The highest BCUT2D eigenvalue weighted by Gasteiger charge is 2.12. The molecular weight excluding hydrogens is 374 g/mol. The van der Waals surface area contributed by atoms with Crippen molar-refractivity contribution >= 4 is 16.9 Å². The van der Waals surface area contributed by atoms with Crippen LogP contribution in [0.1, 0.15) is 50.1 Å². The van der Waals surface area contributed by atoms with Gasteiger partial charge < -0.3 is 14.6 Å². The maximum atomic E-state index is 11.9. The summed E-state index contributed by atoms with van der Waals surface area (Å²) in [6.07, 6.45) is 0.841. The molecule has 5 nitrogen and oxygen atoms in total. The van der Waals surface area contributed by atoms with Crippen LogP contribution in [0.25, 0.3) is 11.0 Å². The van der Waals surface area contributed by atoms with Gasteiger partial charge in [0.25, 0.3) is 0 Å². The highest BCUT2D eigenvalue weighted by atomic mass is 16.5. The Kier molecular flexibility index (Phi) is 6.93. The first-order chi connectivity index (χ1) is 14.4. The number of nitrogens with zero attached hydrogens (tertiary/aromatic N) is 2. The molecule has 158 valence electrons. The SMILES string of the molecule is C=C(C)C(=O)NCc1nc2ccccc2n1CCCOc1cc(C)ccc1C(C)C. The molecule has 0 unspecified atom stereocenters.